The fourth-order valence-corrected chi connectivity index (χ4v) is 8.07. The Hall–Kier alpha value is -3.32. The van der Waals surface area contributed by atoms with Gasteiger partial charge in [0, 0.05) is 42.0 Å². The molecule has 7 rings (SSSR count). The van der Waals surface area contributed by atoms with E-state index < -0.39 is 11.4 Å². The van der Waals surface area contributed by atoms with Crippen LogP contribution in [0.2, 0.25) is 0 Å². The molecule has 0 bridgehead atoms. The third-order valence-electron chi connectivity index (χ3n) is 9.90. The lowest BCUT2D eigenvalue weighted by atomic mass is 9.81. The van der Waals surface area contributed by atoms with Gasteiger partial charge in [-0.1, -0.05) is 25.3 Å². The van der Waals surface area contributed by atoms with Gasteiger partial charge in [-0.05, 0) is 80.5 Å². The molecular formula is C33H38N2O5. The minimum Gasteiger partial charge on any atom is -0.497 e. The minimum absolute atomic E-state index is 0.00143. The first-order chi connectivity index (χ1) is 19.3. The van der Waals surface area contributed by atoms with Crippen LogP contribution in [0.15, 0.2) is 36.4 Å². The molecule has 1 N–H and O–H groups in total. The van der Waals surface area contributed by atoms with E-state index in [1.807, 2.05) is 36.9 Å². The molecule has 1 amide bonds. The fourth-order valence-electron chi connectivity index (χ4n) is 8.07. The molecule has 2 saturated carbocycles. The summed E-state index contributed by atoms with van der Waals surface area (Å²) in [5, 5.41) is 11.0. The Morgan fingerprint density at radius 3 is 2.48 bits per heavy atom. The largest absolute Gasteiger partial charge is 0.497 e. The second-order valence-corrected chi connectivity index (χ2v) is 12.6. The number of methoxy groups -OCH3 is 1. The van der Waals surface area contributed by atoms with Gasteiger partial charge in [-0.25, -0.2) is 4.79 Å². The summed E-state index contributed by atoms with van der Waals surface area (Å²) >= 11 is 0. The van der Waals surface area contributed by atoms with Gasteiger partial charge in [0.05, 0.1) is 36.0 Å². The first kappa shape index (κ1) is 25.6. The number of amides is 1. The van der Waals surface area contributed by atoms with Crippen LogP contribution in [0.3, 0.4) is 0 Å². The molecule has 2 unspecified atom stereocenters. The van der Waals surface area contributed by atoms with E-state index in [9.17, 15) is 14.7 Å². The van der Waals surface area contributed by atoms with Gasteiger partial charge >= 0.3 is 5.97 Å². The number of carboxylic acid groups (broad SMARTS) is 1. The predicted octanol–water partition coefficient (Wildman–Crippen LogP) is 6.19. The van der Waals surface area contributed by atoms with Gasteiger partial charge in [0.15, 0.2) is 0 Å². The highest BCUT2D eigenvalue weighted by Crippen LogP contribution is 2.66. The molecule has 7 nitrogen and oxygen atoms in total. The van der Waals surface area contributed by atoms with Gasteiger partial charge in [-0.2, -0.15) is 0 Å². The highest BCUT2D eigenvalue weighted by Gasteiger charge is 2.64. The molecule has 4 aliphatic rings. The molecule has 0 spiro atoms. The Morgan fingerprint density at radius 1 is 1.02 bits per heavy atom. The van der Waals surface area contributed by atoms with Crippen LogP contribution < -0.4 is 4.74 Å². The van der Waals surface area contributed by atoms with Crippen LogP contribution in [-0.2, 0) is 16.1 Å². The molecule has 2 aromatic carbocycles. The number of ether oxygens (including phenoxy) is 2. The van der Waals surface area contributed by atoms with Crippen molar-refractivity contribution in [3.05, 3.63) is 53.1 Å². The van der Waals surface area contributed by atoms with E-state index in [1.54, 1.807) is 13.2 Å². The van der Waals surface area contributed by atoms with Gasteiger partial charge in [0.2, 0.25) is 5.91 Å². The third-order valence-corrected chi connectivity index (χ3v) is 9.90. The maximum atomic E-state index is 14.5. The molecule has 1 saturated heterocycles. The molecule has 3 fully saturated rings. The third kappa shape index (κ3) is 3.88. The summed E-state index contributed by atoms with van der Waals surface area (Å²) in [6, 6.07) is 11.9. The number of carboxylic acids is 1. The SMILES string of the molecule is COc1ccc2c(c1)C1CC1(C(=O)N1C[C@@H](C)O[C@@H](C)C1)Cn1c-2c(C2CCCCC2)c2ccc(C(=O)O)cc21. The van der Waals surface area contributed by atoms with Crippen LogP contribution in [-0.4, -0.2) is 58.9 Å². The second kappa shape index (κ2) is 9.37. The van der Waals surface area contributed by atoms with Crippen molar-refractivity contribution in [3.63, 3.8) is 0 Å². The summed E-state index contributed by atoms with van der Waals surface area (Å²) < 4.78 is 14.0. The van der Waals surface area contributed by atoms with Crippen LogP contribution in [0.25, 0.3) is 22.2 Å². The smallest absolute Gasteiger partial charge is 0.335 e. The molecule has 2 aliphatic heterocycles. The maximum Gasteiger partial charge on any atom is 0.335 e. The Balaban J connectivity index is 1.46. The molecular weight excluding hydrogens is 504 g/mol. The number of carbonyl (C=O) groups is 2. The zero-order valence-electron chi connectivity index (χ0n) is 23.6. The predicted molar refractivity (Wildman–Crippen MR) is 153 cm³/mol. The summed E-state index contributed by atoms with van der Waals surface area (Å²) in [6.07, 6.45) is 6.72. The van der Waals surface area contributed by atoms with Crippen molar-refractivity contribution in [1.29, 1.82) is 0 Å². The molecule has 1 aromatic heterocycles. The number of carbonyl (C=O) groups excluding carboxylic acids is 1. The van der Waals surface area contributed by atoms with Gasteiger partial charge in [0.25, 0.3) is 0 Å². The topological polar surface area (TPSA) is 81.0 Å². The van der Waals surface area contributed by atoms with Crippen LogP contribution >= 0.6 is 0 Å². The minimum atomic E-state index is -0.929. The molecule has 40 heavy (non-hydrogen) atoms. The van der Waals surface area contributed by atoms with Crippen LogP contribution in [0.4, 0.5) is 0 Å². The van der Waals surface area contributed by atoms with E-state index in [4.69, 9.17) is 9.47 Å². The van der Waals surface area contributed by atoms with Gasteiger partial charge in [0.1, 0.15) is 5.75 Å². The zero-order valence-corrected chi connectivity index (χ0v) is 23.6. The highest BCUT2D eigenvalue weighted by molar-refractivity contribution is 6.00. The summed E-state index contributed by atoms with van der Waals surface area (Å²) in [7, 11) is 1.69. The van der Waals surface area contributed by atoms with Crippen molar-refractivity contribution in [2.24, 2.45) is 5.41 Å². The summed E-state index contributed by atoms with van der Waals surface area (Å²) in [6.45, 7) is 5.81. The Kier molecular flexibility index (Phi) is 6.00. The maximum absolute atomic E-state index is 14.5. The lowest BCUT2D eigenvalue weighted by Crippen LogP contribution is -2.51. The highest BCUT2D eigenvalue weighted by atomic mass is 16.5. The number of morpholine rings is 1. The molecule has 7 heteroatoms. The number of aromatic nitrogens is 1. The quantitative estimate of drug-likeness (QED) is 0.426. The van der Waals surface area contributed by atoms with Crippen LogP contribution in [0, 0.1) is 5.41 Å². The molecule has 4 atom stereocenters. The molecule has 3 heterocycles. The molecule has 210 valence electrons. The first-order valence-electron chi connectivity index (χ1n) is 14.8. The number of rotatable bonds is 4. The van der Waals surface area contributed by atoms with Crippen LogP contribution in [0.1, 0.15) is 85.7 Å². The number of aromatic carboxylic acids is 1. The number of fused-ring (bicyclic) bond motifs is 7. The number of benzene rings is 2. The first-order valence-corrected chi connectivity index (χ1v) is 14.8. The molecule has 2 aliphatic carbocycles. The van der Waals surface area contributed by atoms with Crippen molar-refractivity contribution in [2.75, 3.05) is 20.2 Å². The van der Waals surface area contributed by atoms with Crippen molar-refractivity contribution in [3.8, 4) is 17.0 Å². The summed E-state index contributed by atoms with van der Waals surface area (Å²) in [4.78, 5) is 28.6. The van der Waals surface area contributed by atoms with E-state index in [1.165, 1.54) is 36.1 Å². The van der Waals surface area contributed by atoms with E-state index >= 15 is 0 Å². The summed E-state index contributed by atoms with van der Waals surface area (Å²) in [5.41, 5.74) is 5.49. The van der Waals surface area contributed by atoms with E-state index in [0.717, 1.165) is 41.5 Å². The van der Waals surface area contributed by atoms with Crippen molar-refractivity contribution < 1.29 is 24.2 Å². The van der Waals surface area contributed by atoms with E-state index in [-0.39, 0.29) is 29.6 Å². The van der Waals surface area contributed by atoms with Gasteiger partial charge in [-0.15, -0.1) is 0 Å². The summed E-state index contributed by atoms with van der Waals surface area (Å²) in [5.74, 6) is 0.575. The average Bonchev–Trinajstić information content (AvgIpc) is 3.62. The van der Waals surface area contributed by atoms with E-state index in [2.05, 4.69) is 16.7 Å². The zero-order chi connectivity index (χ0) is 27.8. The van der Waals surface area contributed by atoms with Crippen LogP contribution in [0.5, 0.6) is 5.75 Å². The van der Waals surface area contributed by atoms with Crippen molar-refractivity contribution in [2.45, 2.75) is 83.0 Å². The number of hydrogen-bond acceptors (Lipinski definition) is 4. The Morgan fingerprint density at radius 2 is 1.77 bits per heavy atom. The number of hydrogen-bond donors (Lipinski definition) is 1. The average molecular weight is 543 g/mol. The van der Waals surface area contributed by atoms with E-state index in [0.29, 0.717) is 25.6 Å². The lowest BCUT2D eigenvalue weighted by Gasteiger charge is -2.37. The normalized spacial score (nSPS) is 27.9. The van der Waals surface area contributed by atoms with Crippen molar-refractivity contribution in [1.82, 2.24) is 9.47 Å². The standard InChI is InChI=1S/C33H38N2O5/c1-19-16-34(17-20(2)40-19)32(38)33-15-27(33)26-14-23(39-3)10-12-24(26)30-29(21-7-5-4-6-8-21)25-11-9-22(31(36)37)13-28(25)35(30)18-33/h9-14,19-21,27H,4-8,15-18H2,1-3H3,(H,36,37)/t19-,20+,27?,33?. The molecule has 0 radical (unpaired) electrons. The van der Waals surface area contributed by atoms with Crippen molar-refractivity contribution >= 4 is 22.8 Å². The monoisotopic (exact) mass is 542 g/mol. The lowest BCUT2D eigenvalue weighted by molar-refractivity contribution is -0.149. The van der Waals surface area contributed by atoms with Gasteiger partial charge in [-0.3, -0.25) is 4.79 Å². The van der Waals surface area contributed by atoms with Gasteiger partial charge < -0.3 is 24.0 Å². The Labute approximate surface area is 235 Å². The molecule has 3 aromatic rings. The Bertz CT molecular complexity index is 1510. The fraction of sp³-hybridized carbons (Fsp3) is 0.515. The second-order valence-electron chi connectivity index (χ2n) is 12.6. The number of nitrogens with zero attached hydrogens (tertiary/aromatic N) is 2.